The number of hydrogen-bond donors (Lipinski definition) is 2. The van der Waals surface area contributed by atoms with Crippen molar-refractivity contribution < 1.29 is 27.2 Å². The van der Waals surface area contributed by atoms with Gasteiger partial charge in [-0.2, -0.15) is 13.2 Å². The molecule has 0 unspecified atom stereocenters. The molecule has 0 aliphatic heterocycles. The largest absolute Gasteiger partial charge is 0.435 e. The quantitative estimate of drug-likeness (QED) is 0.586. The third kappa shape index (κ3) is 5.05. The third-order valence-electron chi connectivity index (χ3n) is 4.12. The Labute approximate surface area is 174 Å². The minimum absolute atomic E-state index is 0.139. The molecule has 7 nitrogen and oxygen atoms in total. The van der Waals surface area contributed by atoms with Crippen molar-refractivity contribution in [1.29, 1.82) is 0 Å². The lowest BCUT2D eigenvalue weighted by Crippen LogP contribution is -2.21. The van der Waals surface area contributed by atoms with E-state index in [9.17, 15) is 27.2 Å². The molecule has 0 atom stereocenters. The van der Waals surface area contributed by atoms with Crippen molar-refractivity contribution in [2.45, 2.75) is 20.0 Å². The SMILES string of the molecule is CC(C)C(=O)Nc1cccc(NC(=O)c2nnn(-c3cccc(F)c3)c2C(F)(F)F)c1. The molecule has 2 aromatic carbocycles. The van der Waals surface area contributed by atoms with Crippen molar-refractivity contribution in [1.82, 2.24) is 15.0 Å². The Bertz CT molecular complexity index is 1120. The molecule has 1 aromatic heterocycles. The van der Waals surface area contributed by atoms with E-state index in [1.165, 1.54) is 30.3 Å². The Kier molecular flexibility index (Phi) is 6.04. The number of rotatable bonds is 5. The van der Waals surface area contributed by atoms with E-state index in [-0.39, 0.29) is 23.2 Å². The first kappa shape index (κ1) is 21.9. The van der Waals surface area contributed by atoms with Crippen LogP contribution in [0.4, 0.5) is 28.9 Å². The number of nitrogens with one attached hydrogen (secondary N) is 2. The van der Waals surface area contributed by atoms with E-state index in [0.717, 1.165) is 12.1 Å². The van der Waals surface area contributed by atoms with Gasteiger partial charge in [0.05, 0.1) is 5.69 Å². The van der Waals surface area contributed by atoms with Crippen LogP contribution in [-0.4, -0.2) is 26.8 Å². The van der Waals surface area contributed by atoms with Crippen LogP contribution in [0.1, 0.15) is 30.0 Å². The summed E-state index contributed by atoms with van der Waals surface area (Å²) in [5, 5.41) is 11.7. The monoisotopic (exact) mass is 435 g/mol. The van der Waals surface area contributed by atoms with Crippen LogP contribution in [0.5, 0.6) is 0 Å². The van der Waals surface area contributed by atoms with Crippen LogP contribution in [-0.2, 0) is 11.0 Å². The van der Waals surface area contributed by atoms with E-state index in [0.29, 0.717) is 10.4 Å². The zero-order chi connectivity index (χ0) is 22.8. The first-order chi connectivity index (χ1) is 14.6. The van der Waals surface area contributed by atoms with Crippen LogP contribution in [0.15, 0.2) is 48.5 Å². The molecular formula is C20H17F4N5O2. The Balaban J connectivity index is 1.92. The number of hydrogen-bond acceptors (Lipinski definition) is 4. The Morgan fingerprint density at radius 1 is 1.00 bits per heavy atom. The standard InChI is InChI=1S/C20H17F4N5O2/c1-11(2)18(30)25-13-6-4-7-14(10-13)26-19(31)16-17(20(22,23)24)29(28-27-16)15-8-3-5-12(21)9-15/h3-11H,1-2H3,(H,25,30)(H,26,31). The van der Waals surface area contributed by atoms with Crippen LogP contribution in [0.2, 0.25) is 0 Å². The normalized spacial score (nSPS) is 11.5. The van der Waals surface area contributed by atoms with Crippen molar-refractivity contribution in [3.05, 3.63) is 65.7 Å². The molecule has 2 N–H and O–H groups in total. The van der Waals surface area contributed by atoms with Crippen molar-refractivity contribution in [3.63, 3.8) is 0 Å². The van der Waals surface area contributed by atoms with E-state index in [4.69, 9.17) is 0 Å². The minimum Gasteiger partial charge on any atom is -0.326 e. The molecule has 0 spiro atoms. The van der Waals surface area contributed by atoms with Gasteiger partial charge in [-0.15, -0.1) is 5.10 Å². The van der Waals surface area contributed by atoms with Gasteiger partial charge < -0.3 is 10.6 Å². The average molecular weight is 435 g/mol. The smallest absolute Gasteiger partial charge is 0.326 e. The topological polar surface area (TPSA) is 88.9 Å². The number of carbonyl (C=O) groups is 2. The number of amides is 2. The van der Waals surface area contributed by atoms with Crippen molar-refractivity contribution in [2.75, 3.05) is 10.6 Å². The lowest BCUT2D eigenvalue weighted by atomic mass is 10.2. The maximum Gasteiger partial charge on any atom is 0.435 e. The second-order valence-corrected chi connectivity index (χ2v) is 6.85. The summed E-state index contributed by atoms with van der Waals surface area (Å²) in [6.45, 7) is 3.39. The predicted molar refractivity (Wildman–Crippen MR) is 104 cm³/mol. The molecule has 0 radical (unpaired) electrons. The fourth-order valence-corrected chi connectivity index (χ4v) is 2.63. The number of halogens is 4. The molecule has 0 aliphatic rings. The van der Waals surface area contributed by atoms with Crippen LogP contribution in [0, 0.1) is 11.7 Å². The lowest BCUT2D eigenvalue weighted by molar-refractivity contribution is -0.143. The van der Waals surface area contributed by atoms with Crippen LogP contribution in [0.25, 0.3) is 5.69 Å². The van der Waals surface area contributed by atoms with Crippen molar-refractivity contribution in [3.8, 4) is 5.69 Å². The third-order valence-corrected chi connectivity index (χ3v) is 4.12. The maximum absolute atomic E-state index is 13.7. The van der Waals surface area contributed by atoms with E-state index in [1.54, 1.807) is 19.9 Å². The molecule has 0 saturated heterocycles. The summed E-state index contributed by atoms with van der Waals surface area (Å²) in [4.78, 5) is 24.4. The van der Waals surface area contributed by atoms with Gasteiger partial charge in [-0.05, 0) is 36.4 Å². The highest BCUT2D eigenvalue weighted by molar-refractivity contribution is 6.04. The molecule has 3 rings (SSSR count). The second kappa shape index (κ2) is 8.54. The number of benzene rings is 2. The maximum atomic E-state index is 13.7. The average Bonchev–Trinajstić information content (AvgIpc) is 3.14. The number of anilines is 2. The number of aromatic nitrogens is 3. The lowest BCUT2D eigenvalue weighted by Gasteiger charge is -2.12. The van der Waals surface area contributed by atoms with Crippen LogP contribution < -0.4 is 10.6 Å². The van der Waals surface area contributed by atoms with Gasteiger partial charge in [0, 0.05) is 17.3 Å². The summed E-state index contributed by atoms with van der Waals surface area (Å²) in [6, 6.07) is 10.2. The molecular weight excluding hydrogens is 418 g/mol. The predicted octanol–water partition coefficient (Wildman–Crippen LogP) is 4.27. The highest BCUT2D eigenvalue weighted by atomic mass is 19.4. The second-order valence-electron chi connectivity index (χ2n) is 6.85. The van der Waals surface area contributed by atoms with Gasteiger partial charge in [-0.25, -0.2) is 9.07 Å². The summed E-state index contributed by atoms with van der Waals surface area (Å²) < 4.78 is 54.9. The van der Waals surface area contributed by atoms with Crippen LogP contribution in [0.3, 0.4) is 0 Å². The molecule has 162 valence electrons. The molecule has 31 heavy (non-hydrogen) atoms. The summed E-state index contributed by atoms with van der Waals surface area (Å²) in [6.07, 6.45) is -4.99. The molecule has 1 heterocycles. The fraction of sp³-hybridized carbons (Fsp3) is 0.200. The number of alkyl halides is 3. The summed E-state index contributed by atoms with van der Waals surface area (Å²) >= 11 is 0. The number of nitrogens with zero attached hydrogens (tertiary/aromatic N) is 3. The molecule has 0 aliphatic carbocycles. The first-order valence-electron chi connectivity index (χ1n) is 9.07. The molecule has 11 heteroatoms. The zero-order valence-electron chi connectivity index (χ0n) is 16.4. The summed E-state index contributed by atoms with van der Waals surface area (Å²) in [5.74, 6) is -2.49. The zero-order valence-corrected chi connectivity index (χ0v) is 16.4. The van der Waals surface area contributed by atoms with Gasteiger partial charge in [-0.3, -0.25) is 9.59 Å². The Morgan fingerprint density at radius 3 is 2.26 bits per heavy atom. The summed E-state index contributed by atoms with van der Waals surface area (Å²) in [7, 11) is 0. The van der Waals surface area contributed by atoms with Gasteiger partial charge in [0.2, 0.25) is 5.91 Å². The highest BCUT2D eigenvalue weighted by Gasteiger charge is 2.42. The molecule has 3 aromatic rings. The highest BCUT2D eigenvalue weighted by Crippen LogP contribution is 2.33. The molecule has 0 bridgehead atoms. The van der Waals surface area contributed by atoms with Gasteiger partial charge in [0.15, 0.2) is 11.4 Å². The fourth-order valence-electron chi connectivity index (χ4n) is 2.63. The van der Waals surface area contributed by atoms with Gasteiger partial charge in [-0.1, -0.05) is 31.2 Å². The van der Waals surface area contributed by atoms with Gasteiger partial charge in [0.1, 0.15) is 5.82 Å². The van der Waals surface area contributed by atoms with E-state index in [1.807, 2.05) is 0 Å². The van der Waals surface area contributed by atoms with Crippen LogP contribution >= 0.6 is 0 Å². The minimum atomic E-state index is -4.99. The molecule has 0 saturated carbocycles. The summed E-state index contributed by atoms with van der Waals surface area (Å²) in [5.41, 5.74) is -2.17. The van der Waals surface area contributed by atoms with E-state index < -0.39 is 29.3 Å². The molecule has 0 fully saturated rings. The first-order valence-corrected chi connectivity index (χ1v) is 9.07. The van der Waals surface area contributed by atoms with Gasteiger partial charge >= 0.3 is 6.18 Å². The van der Waals surface area contributed by atoms with E-state index >= 15 is 0 Å². The number of carbonyl (C=O) groups excluding carboxylic acids is 2. The molecule has 2 amide bonds. The van der Waals surface area contributed by atoms with Crippen molar-refractivity contribution >= 4 is 23.2 Å². The van der Waals surface area contributed by atoms with Gasteiger partial charge in [0.25, 0.3) is 5.91 Å². The van der Waals surface area contributed by atoms with Crippen molar-refractivity contribution in [2.24, 2.45) is 5.92 Å². The Hall–Kier alpha value is -3.76. The van der Waals surface area contributed by atoms with E-state index in [2.05, 4.69) is 20.9 Å². The Morgan fingerprint density at radius 2 is 1.65 bits per heavy atom.